The summed E-state index contributed by atoms with van der Waals surface area (Å²) in [7, 11) is 4.06. The minimum atomic E-state index is 0.0106. The molecule has 1 aromatic heterocycles. The molecule has 1 rings (SSSR count). The van der Waals surface area contributed by atoms with E-state index in [2.05, 4.69) is 23.9 Å². The zero-order valence-electron chi connectivity index (χ0n) is 10.5. The van der Waals surface area contributed by atoms with Crippen molar-refractivity contribution in [3.8, 4) is 0 Å². The zero-order chi connectivity index (χ0) is 12.2. The highest BCUT2D eigenvalue weighted by Gasteiger charge is 2.20. The maximum Gasteiger partial charge on any atom is 0.162 e. The Hall–Kier alpha value is -0.910. The Bertz CT molecular complexity index is 321. The predicted molar refractivity (Wildman–Crippen MR) is 61.8 cm³/mol. The normalized spacial score (nSPS) is 12.4. The summed E-state index contributed by atoms with van der Waals surface area (Å²) in [5.74, 6) is 0.718. The molecule has 0 saturated carbocycles. The molecule has 0 spiro atoms. The van der Waals surface area contributed by atoms with Crippen molar-refractivity contribution in [2.24, 2.45) is 5.73 Å². The highest BCUT2D eigenvalue weighted by Crippen LogP contribution is 2.12. The van der Waals surface area contributed by atoms with E-state index in [9.17, 15) is 0 Å². The number of hydrogen-bond donors (Lipinski definition) is 1. The molecule has 5 heteroatoms. The molecule has 0 atom stereocenters. The molecule has 2 N–H and O–H groups in total. The number of likely N-dealkylation sites (N-methyl/N-ethyl adjacent to an activating group) is 1. The first-order chi connectivity index (χ1) is 7.45. The van der Waals surface area contributed by atoms with Crippen molar-refractivity contribution in [2.45, 2.75) is 32.5 Å². The van der Waals surface area contributed by atoms with Crippen LogP contribution in [-0.2, 0) is 17.9 Å². The predicted octanol–water partition coefficient (Wildman–Crippen LogP) is 0.990. The van der Waals surface area contributed by atoms with Crippen LogP contribution in [0.15, 0.2) is 10.6 Å². The molecule has 92 valence electrons. The molecule has 0 fully saturated rings. The molecule has 1 aromatic rings. The van der Waals surface area contributed by atoms with E-state index in [0.29, 0.717) is 19.8 Å². The Morgan fingerprint density at radius 2 is 2.19 bits per heavy atom. The van der Waals surface area contributed by atoms with Crippen LogP contribution in [0.25, 0.3) is 0 Å². The highest BCUT2D eigenvalue weighted by molar-refractivity contribution is 5.03. The van der Waals surface area contributed by atoms with Gasteiger partial charge in [-0.1, -0.05) is 5.16 Å². The summed E-state index contributed by atoms with van der Waals surface area (Å²) in [4.78, 5) is 2.12. The number of ether oxygens (including phenoxy) is 1. The van der Waals surface area contributed by atoms with E-state index in [1.807, 2.05) is 20.2 Å². The Morgan fingerprint density at radius 1 is 1.50 bits per heavy atom. The summed E-state index contributed by atoms with van der Waals surface area (Å²) in [6.45, 7) is 5.72. The molecule has 0 unspecified atom stereocenters. The van der Waals surface area contributed by atoms with Crippen molar-refractivity contribution in [1.29, 1.82) is 0 Å². The SMILES string of the molecule is CN(C)C(C)(C)COCc1cc(CN)no1. The molecule has 0 bridgehead atoms. The van der Waals surface area contributed by atoms with Crippen LogP contribution in [0.2, 0.25) is 0 Å². The molecule has 16 heavy (non-hydrogen) atoms. The van der Waals surface area contributed by atoms with E-state index in [1.54, 1.807) is 0 Å². The van der Waals surface area contributed by atoms with Crippen molar-refractivity contribution in [1.82, 2.24) is 10.1 Å². The van der Waals surface area contributed by atoms with Gasteiger partial charge in [0.2, 0.25) is 0 Å². The lowest BCUT2D eigenvalue weighted by atomic mass is 10.1. The summed E-state index contributed by atoms with van der Waals surface area (Å²) in [6.07, 6.45) is 0. The Kier molecular flexibility index (Phi) is 4.46. The van der Waals surface area contributed by atoms with Crippen LogP contribution >= 0.6 is 0 Å². The van der Waals surface area contributed by atoms with Crippen molar-refractivity contribution in [3.05, 3.63) is 17.5 Å². The second-order valence-corrected chi connectivity index (χ2v) is 4.69. The third-order valence-corrected chi connectivity index (χ3v) is 2.73. The van der Waals surface area contributed by atoms with Crippen molar-refractivity contribution < 1.29 is 9.26 Å². The largest absolute Gasteiger partial charge is 0.371 e. The summed E-state index contributed by atoms with van der Waals surface area (Å²) in [5, 5.41) is 3.79. The molecular weight excluding hydrogens is 206 g/mol. The summed E-state index contributed by atoms with van der Waals surface area (Å²) in [5.41, 5.74) is 6.20. The molecule has 1 heterocycles. The third kappa shape index (κ3) is 3.59. The van der Waals surface area contributed by atoms with Gasteiger partial charge in [-0.25, -0.2) is 0 Å². The van der Waals surface area contributed by atoms with Crippen molar-refractivity contribution >= 4 is 0 Å². The number of aromatic nitrogens is 1. The maximum atomic E-state index is 5.59. The Balaban J connectivity index is 2.35. The van der Waals surface area contributed by atoms with E-state index in [1.165, 1.54) is 0 Å². The van der Waals surface area contributed by atoms with Gasteiger partial charge in [0.15, 0.2) is 5.76 Å². The number of nitrogens with two attached hydrogens (primary N) is 1. The molecule has 0 aliphatic carbocycles. The number of nitrogens with zero attached hydrogens (tertiary/aromatic N) is 2. The lowest BCUT2D eigenvalue weighted by Crippen LogP contribution is -2.42. The van der Waals surface area contributed by atoms with Gasteiger partial charge in [-0.05, 0) is 27.9 Å². The smallest absolute Gasteiger partial charge is 0.162 e. The van der Waals surface area contributed by atoms with Crippen molar-refractivity contribution in [2.75, 3.05) is 20.7 Å². The highest BCUT2D eigenvalue weighted by atomic mass is 16.5. The average molecular weight is 227 g/mol. The van der Waals surface area contributed by atoms with Crippen LogP contribution < -0.4 is 5.73 Å². The number of rotatable bonds is 6. The van der Waals surface area contributed by atoms with Gasteiger partial charge in [0.25, 0.3) is 0 Å². The molecule has 0 aromatic carbocycles. The standard InChI is InChI=1S/C11H21N3O2/c1-11(2,14(3)4)8-15-7-10-5-9(6-12)13-16-10/h5H,6-8,12H2,1-4H3. The molecule has 0 saturated heterocycles. The van der Waals surface area contributed by atoms with Crippen LogP contribution in [0.5, 0.6) is 0 Å². The summed E-state index contributed by atoms with van der Waals surface area (Å²) >= 11 is 0. The minimum Gasteiger partial charge on any atom is -0.371 e. The fourth-order valence-corrected chi connectivity index (χ4v) is 1.05. The third-order valence-electron chi connectivity index (χ3n) is 2.73. The van der Waals surface area contributed by atoms with Gasteiger partial charge in [-0.3, -0.25) is 0 Å². The first-order valence-electron chi connectivity index (χ1n) is 5.35. The molecule has 0 radical (unpaired) electrons. The van der Waals surface area contributed by atoms with E-state index < -0.39 is 0 Å². The first kappa shape index (κ1) is 13.2. The van der Waals surface area contributed by atoms with Gasteiger partial charge in [0.1, 0.15) is 6.61 Å². The minimum absolute atomic E-state index is 0.0106. The van der Waals surface area contributed by atoms with Crippen LogP contribution in [0, 0.1) is 0 Å². The van der Waals surface area contributed by atoms with Gasteiger partial charge in [0, 0.05) is 18.2 Å². The van der Waals surface area contributed by atoms with Crippen LogP contribution in [0.3, 0.4) is 0 Å². The fourth-order valence-electron chi connectivity index (χ4n) is 1.05. The maximum absolute atomic E-state index is 5.59. The summed E-state index contributed by atoms with van der Waals surface area (Å²) in [6, 6.07) is 1.82. The van der Waals surface area contributed by atoms with Gasteiger partial charge in [0.05, 0.1) is 12.3 Å². The number of hydrogen-bond acceptors (Lipinski definition) is 5. The quantitative estimate of drug-likeness (QED) is 0.785. The Labute approximate surface area is 96.5 Å². The van der Waals surface area contributed by atoms with Gasteiger partial charge >= 0.3 is 0 Å². The molecule has 5 nitrogen and oxygen atoms in total. The zero-order valence-corrected chi connectivity index (χ0v) is 10.5. The van der Waals surface area contributed by atoms with Gasteiger partial charge in [-0.15, -0.1) is 0 Å². The van der Waals surface area contributed by atoms with Crippen LogP contribution in [-0.4, -0.2) is 36.3 Å². The van der Waals surface area contributed by atoms with Crippen molar-refractivity contribution in [3.63, 3.8) is 0 Å². The monoisotopic (exact) mass is 227 g/mol. The van der Waals surface area contributed by atoms with E-state index in [-0.39, 0.29) is 5.54 Å². The van der Waals surface area contributed by atoms with E-state index in [4.69, 9.17) is 15.0 Å². The van der Waals surface area contributed by atoms with E-state index >= 15 is 0 Å². The fraction of sp³-hybridized carbons (Fsp3) is 0.727. The average Bonchev–Trinajstić information content (AvgIpc) is 2.65. The molecule has 0 aliphatic rings. The van der Waals surface area contributed by atoms with Crippen LogP contribution in [0.1, 0.15) is 25.3 Å². The topological polar surface area (TPSA) is 64.5 Å². The lowest BCUT2D eigenvalue weighted by molar-refractivity contribution is 0.0191. The lowest BCUT2D eigenvalue weighted by Gasteiger charge is -2.31. The molecule has 0 aliphatic heterocycles. The molecular formula is C11H21N3O2. The summed E-state index contributed by atoms with van der Waals surface area (Å²) < 4.78 is 10.6. The second-order valence-electron chi connectivity index (χ2n) is 4.69. The molecule has 0 amide bonds. The second kappa shape index (κ2) is 5.43. The van der Waals surface area contributed by atoms with Gasteiger partial charge < -0.3 is 19.9 Å². The van der Waals surface area contributed by atoms with Crippen LogP contribution in [0.4, 0.5) is 0 Å². The van der Waals surface area contributed by atoms with E-state index in [0.717, 1.165) is 11.5 Å². The Morgan fingerprint density at radius 3 is 2.69 bits per heavy atom. The first-order valence-corrected chi connectivity index (χ1v) is 5.35. The van der Waals surface area contributed by atoms with Gasteiger partial charge in [-0.2, -0.15) is 0 Å².